The van der Waals surface area contributed by atoms with Crippen LogP contribution in [-0.4, -0.2) is 0 Å². The molecule has 0 aliphatic heterocycles. The van der Waals surface area contributed by atoms with E-state index in [4.69, 9.17) is 0 Å². The van der Waals surface area contributed by atoms with Crippen LogP contribution in [-0.2, 0) is 0 Å². The van der Waals surface area contributed by atoms with Crippen molar-refractivity contribution in [2.24, 2.45) is 10.8 Å². The fourth-order valence-corrected chi connectivity index (χ4v) is 3.56. The van der Waals surface area contributed by atoms with E-state index in [9.17, 15) is 0 Å². The molecule has 0 heteroatoms. The van der Waals surface area contributed by atoms with Crippen LogP contribution in [0.3, 0.4) is 0 Å². The molecule has 0 unspecified atom stereocenters. The molecule has 0 aromatic rings. The van der Waals surface area contributed by atoms with E-state index in [1.807, 2.05) is 0 Å². The standard InChI is InChI=1S/C25H52/c1-7-25(5,6)23-21-19-17-15-13-11-9-8-10-12-14-16-18-20-22-24(2,3)4/h7-23H2,1-6H3. The summed E-state index contributed by atoms with van der Waals surface area (Å²) in [6.07, 6.45) is 24.6. The zero-order chi connectivity index (χ0) is 19.0. The number of hydrogen-bond acceptors (Lipinski definition) is 0. The van der Waals surface area contributed by atoms with Gasteiger partial charge in [0, 0.05) is 0 Å². The zero-order valence-corrected chi connectivity index (χ0v) is 19.0. The van der Waals surface area contributed by atoms with Gasteiger partial charge in [-0.05, 0) is 23.7 Å². The summed E-state index contributed by atoms with van der Waals surface area (Å²) in [4.78, 5) is 0. The van der Waals surface area contributed by atoms with Crippen LogP contribution in [0.25, 0.3) is 0 Å². The van der Waals surface area contributed by atoms with Gasteiger partial charge in [-0.3, -0.25) is 0 Å². The first-order chi connectivity index (χ1) is 11.8. The SMILES string of the molecule is CCC(C)(C)CCCCCCCCCCCCCCCCC(C)(C)C. The maximum atomic E-state index is 2.42. The third-order valence-corrected chi connectivity index (χ3v) is 5.99. The Hall–Kier alpha value is 0. The molecule has 0 heterocycles. The zero-order valence-electron chi connectivity index (χ0n) is 19.0. The number of unbranched alkanes of at least 4 members (excludes halogenated alkanes) is 13. The molecular formula is C25H52. The minimum atomic E-state index is 0.534. The monoisotopic (exact) mass is 352 g/mol. The second-order valence-electron chi connectivity index (χ2n) is 10.5. The van der Waals surface area contributed by atoms with E-state index < -0.39 is 0 Å². The van der Waals surface area contributed by atoms with Crippen molar-refractivity contribution >= 4 is 0 Å². The number of rotatable bonds is 17. The summed E-state index contributed by atoms with van der Waals surface area (Å²) >= 11 is 0. The molecule has 152 valence electrons. The van der Waals surface area contributed by atoms with Crippen molar-refractivity contribution in [3.05, 3.63) is 0 Å². The van der Waals surface area contributed by atoms with Crippen LogP contribution in [0.5, 0.6) is 0 Å². The van der Waals surface area contributed by atoms with Gasteiger partial charge in [-0.15, -0.1) is 0 Å². The lowest BCUT2D eigenvalue weighted by molar-refractivity contribution is 0.307. The molecule has 0 aromatic heterocycles. The van der Waals surface area contributed by atoms with Gasteiger partial charge in [-0.2, -0.15) is 0 Å². The molecule has 0 fully saturated rings. The first kappa shape index (κ1) is 25.0. The van der Waals surface area contributed by atoms with Gasteiger partial charge in [0.15, 0.2) is 0 Å². The summed E-state index contributed by atoms with van der Waals surface area (Å²) < 4.78 is 0. The van der Waals surface area contributed by atoms with Gasteiger partial charge in [0.1, 0.15) is 0 Å². The summed E-state index contributed by atoms with van der Waals surface area (Å²) in [5, 5.41) is 0. The molecule has 0 saturated carbocycles. The Morgan fingerprint density at radius 1 is 0.400 bits per heavy atom. The highest BCUT2D eigenvalue weighted by Crippen LogP contribution is 2.27. The van der Waals surface area contributed by atoms with E-state index in [0.717, 1.165) is 0 Å². The van der Waals surface area contributed by atoms with E-state index in [0.29, 0.717) is 10.8 Å². The smallest absolute Gasteiger partial charge is 0.0357 e. The van der Waals surface area contributed by atoms with Gasteiger partial charge in [0.05, 0.1) is 0 Å². The van der Waals surface area contributed by atoms with Crippen molar-refractivity contribution in [3.63, 3.8) is 0 Å². The first-order valence-electron chi connectivity index (χ1n) is 11.8. The molecule has 25 heavy (non-hydrogen) atoms. The van der Waals surface area contributed by atoms with Crippen LogP contribution >= 0.6 is 0 Å². The molecule has 0 nitrogen and oxygen atoms in total. The molecule has 0 amide bonds. The minimum absolute atomic E-state index is 0.534. The molecule has 0 radical (unpaired) electrons. The van der Waals surface area contributed by atoms with E-state index in [1.165, 1.54) is 109 Å². The maximum absolute atomic E-state index is 2.42. The van der Waals surface area contributed by atoms with Crippen LogP contribution in [0.15, 0.2) is 0 Å². The van der Waals surface area contributed by atoms with Gasteiger partial charge < -0.3 is 0 Å². The summed E-state index contributed by atoms with van der Waals surface area (Å²) in [7, 11) is 0. The fourth-order valence-electron chi connectivity index (χ4n) is 3.56. The molecule has 0 aromatic carbocycles. The van der Waals surface area contributed by atoms with Crippen molar-refractivity contribution in [2.75, 3.05) is 0 Å². The van der Waals surface area contributed by atoms with E-state index >= 15 is 0 Å². The van der Waals surface area contributed by atoms with Crippen LogP contribution in [0, 0.1) is 10.8 Å². The van der Waals surface area contributed by atoms with Crippen molar-refractivity contribution < 1.29 is 0 Å². The quantitative estimate of drug-likeness (QED) is 0.228. The Labute approximate surface area is 161 Å². The lowest BCUT2D eigenvalue weighted by Crippen LogP contribution is -2.08. The Bertz CT molecular complexity index is 268. The van der Waals surface area contributed by atoms with Crippen LogP contribution < -0.4 is 0 Å². The Balaban J connectivity index is 3.12. The molecule has 0 atom stereocenters. The highest BCUT2D eigenvalue weighted by Gasteiger charge is 2.13. The maximum Gasteiger partial charge on any atom is -0.0357 e. The van der Waals surface area contributed by atoms with Crippen LogP contribution in [0.2, 0.25) is 0 Å². The predicted octanol–water partition coefficient (Wildman–Crippen LogP) is 9.71. The average Bonchev–Trinajstić information content (AvgIpc) is 2.53. The number of hydrogen-bond donors (Lipinski definition) is 0. The normalized spacial score (nSPS) is 12.7. The van der Waals surface area contributed by atoms with Crippen molar-refractivity contribution in [1.82, 2.24) is 0 Å². The van der Waals surface area contributed by atoms with Gasteiger partial charge in [-0.25, -0.2) is 0 Å². The van der Waals surface area contributed by atoms with Gasteiger partial charge in [-0.1, -0.05) is 138 Å². The second-order valence-corrected chi connectivity index (χ2v) is 10.5. The fraction of sp³-hybridized carbons (Fsp3) is 1.00. The third-order valence-electron chi connectivity index (χ3n) is 5.99. The van der Waals surface area contributed by atoms with Crippen molar-refractivity contribution in [2.45, 2.75) is 151 Å². The van der Waals surface area contributed by atoms with E-state index in [-0.39, 0.29) is 0 Å². The molecule has 0 aliphatic rings. The Morgan fingerprint density at radius 2 is 0.680 bits per heavy atom. The molecular weight excluding hydrogens is 300 g/mol. The first-order valence-corrected chi connectivity index (χ1v) is 11.8. The molecule has 0 aliphatic carbocycles. The van der Waals surface area contributed by atoms with Crippen LogP contribution in [0.4, 0.5) is 0 Å². The Morgan fingerprint density at radius 3 is 0.960 bits per heavy atom. The molecule has 0 N–H and O–H groups in total. The van der Waals surface area contributed by atoms with Crippen molar-refractivity contribution in [3.8, 4) is 0 Å². The largest absolute Gasteiger partial charge is 0.0649 e. The highest BCUT2D eigenvalue weighted by atomic mass is 14.2. The summed E-state index contributed by atoms with van der Waals surface area (Å²) in [5.41, 5.74) is 1.11. The lowest BCUT2D eigenvalue weighted by atomic mass is 9.84. The van der Waals surface area contributed by atoms with Crippen LogP contribution in [0.1, 0.15) is 151 Å². The summed E-state index contributed by atoms with van der Waals surface area (Å²) in [5.74, 6) is 0. The predicted molar refractivity (Wildman–Crippen MR) is 117 cm³/mol. The topological polar surface area (TPSA) is 0 Å². The minimum Gasteiger partial charge on any atom is -0.0649 e. The summed E-state index contributed by atoms with van der Waals surface area (Å²) in [6, 6.07) is 0. The molecule has 0 rings (SSSR count). The second kappa shape index (κ2) is 15.1. The molecule has 0 spiro atoms. The van der Waals surface area contributed by atoms with Crippen molar-refractivity contribution in [1.29, 1.82) is 0 Å². The molecule has 0 saturated heterocycles. The van der Waals surface area contributed by atoms with Gasteiger partial charge in [0.25, 0.3) is 0 Å². The lowest BCUT2D eigenvalue weighted by Gasteiger charge is -2.22. The van der Waals surface area contributed by atoms with Gasteiger partial charge in [0.2, 0.25) is 0 Å². The molecule has 0 bridgehead atoms. The Kier molecular flexibility index (Phi) is 15.1. The third kappa shape index (κ3) is 20.2. The van der Waals surface area contributed by atoms with E-state index in [1.54, 1.807) is 0 Å². The van der Waals surface area contributed by atoms with E-state index in [2.05, 4.69) is 41.5 Å². The summed E-state index contributed by atoms with van der Waals surface area (Å²) in [6.45, 7) is 14.2. The highest BCUT2D eigenvalue weighted by molar-refractivity contribution is 4.66. The van der Waals surface area contributed by atoms with Gasteiger partial charge >= 0.3 is 0 Å². The average molecular weight is 353 g/mol.